The highest BCUT2D eigenvalue weighted by Gasteiger charge is 2.21. The van der Waals surface area contributed by atoms with Crippen LogP contribution in [0.15, 0.2) is 23.0 Å². The van der Waals surface area contributed by atoms with E-state index in [2.05, 4.69) is 32.0 Å². The Kier molecular flexibility index (Phi) is 5.00. The minimum atomic E-state index is 0.537. The molecule has 0 bridgehead atoms. The molecule has 0 aromatic carbocycles. The Morgan fingerprint density at radius 1 is 1.48 bits per heavy atom. The Hall–Kier alpha value is -1.24. The second-order valence-corrected chi connectivity index (χ2v) is 6.52. The average molecular weight is 306 g/mol. The SMILES string of the molecule is COCc1cn(C[C@H]2CCCN(Cc3ccsc3)C2)nn1. The third-order valence-electron chi connectivity index (χ3n) is 3.91. The molecule has 0 amide bonds. The summed E-state index contributed by atoms with van der Waals surface area (Å²) in [6, 6.07) is 2.22. The minimum absolute atomic E-state index is 0.537. The van der Waals surface area contributed by atoms with Gasteiger partial charge in [-0.2, -0.15) is 11.3 Å². The number of rotatable bonds is 6. The summed E-state index contributed by atoms with van der Waals surface area (Å²) in [5.74, 6) is 0.662. The van der Waals surface area contributed by atoms with Crippen molar-refractivity contribution in [2.45, 2.75) is 32.5 Å². The molecule has 5 nitrogen and oxygen atoms in total. The second-order valence-electron chi connectivity index (χ2n) is 5.74. The zero-order valence-electron chi connectivity index (χ0n) is 12.4. The van der Waals surface area contributed by atoms with Crippen molar-refractivity contribution in [1.82, 2.24) is 19.9 Å². The van der Waals surface area contributed by atoms with E-state index in [9.17, 15) is 0 Å². The maximum Gasteiger partial charge on any atom is 0.108 e. The van der Waals surface area contributed by atoms with Crippen LogP contribution in [0.2, 0.25) is 0 Å². The second kappa shape index (κ2) is 7.15. The average Bonchev–Trinajstić information content (AvgIpc) is 3.12. The smallest absolute Gasteiger partial charge is 0.108 e. The maximum absolute atomic E-state index is 5.08. The largest absolute Gasteiger partial charge is 0.378 e. The quantitative estimate of drug-likeness (QED) is 0.822. The third kappa shape index (κ3) is 4.12. The van der Waals surface area contributed by atoms with Crippen molar-refractivity contribution in [3.05, 3.63) is 34.3 Å². The van der Waals surface area contributed by atoms with Crippen LogP contribution < -0.4 is 0 Å². The normalized spacial score (nSPS) is 20.0. The fourth-order valence-corrected chi connectivity index (χ4v) is 3.65. The van der Waals surface area contributed by atoms with Crippen molar-refractivity contribution < 1.29 is 4.74 Å². The van der Waals surface area contributed by atoms with Gasteiger partial charge in [-0.15, -0.1) is 5.10 Å². The van der Waals surface area contributed by atoms with Crippen LogP contribution in [-0.2, 0) is 24.4 Å². The molecular weight excluding hydrogens is 284 g/mol. The van der Waals surface area contributed by atoms with Gasteiger partial charge in [0.15, 0.2) is 0 Å². The lowest BCUT2D eigenvalue weighted by Crippen LogP contribution is -2.36. The van der Waals surface area contributed by atoms with Crippen LogP contribution in [0.25, 0.3) is 0 Å². The molecule has 2 aromatic rings. The Balaban J connectivity index is 1.53. The van der Waals surface area contributed by atoms with E-state index in [1.165, 1.54) is 24.9 Å². The molecule has 114 valence electrons. The molecule has 1 atom stereocenters. The van der Waals surface area contributed by atoms with Crippen LogP contribution in [0.4, 0.5) is 0 Å². The van der Waals surface area contributed by atoms with E-state index in [0.29, 0.717) is 12.5 Å². The van der Waals surface area contributed by atoms with E-state index in [-0.39, 0.29) is 0 Å². The molecule has 21 heavy (non-hydrogen) atoms. The summed E-state index contributed by atoms with van der Waals surface area (Å²) in [5, 5.41) is 12.7. The lowest BCUT2D eigenvalue weighted by Gasteiger charge is -2.32. The fourth-order valence-electron chi connectivity index (χ4n) is 2.99. The molecule has 0 radical (unpaired) electrons. The number of ether oxygens (including phenoxy) is 1. The number of thiophene rings is 1. The molecule has 0 N–H and O–H groups in total. The predicted molar refractivity (Wildman–Crippen MR) is 83.1 cm³/mol. The summed E-state index contributed by atoms with van der Waals surface area (Å²) in [7, 11) is 1.68. The summed E-state index contributed by atoms with van der Waals surface area (Å²) in [6.45, 7) is 4.92. The number of likely N-dealkylation sites (tertiary alicyclic amines) is 1. The molecule has 3 heterocycles. The van der Waals surface area contributed by atoms with Crippen molar-refractivity contribution >= 4 is 11.3 Å². The number of nitrogens with zero attached hydrogens (tertiary/aromatic N) is 4. The van der Waals surface area contributed by atoms with E-state index in [0.717, 1.165) is 25.3 Å². The van der Waals surface area contributed by atoms with E-state index >= 15 is 0 Å². The van der Waals surface area contributed by atoms with E-state index in [1.54, 1.807) is 18.4 Å². The number of hydrogen-bond acceptors (Lipinski definition) is 5. The van der Waals surface area contributed by atoms with Crippen LogP contribution >= 0.6 is 11.3 Å². The fraction of sp³-hybridized carbons (Fsp3) is 0.600. The van der Waals surface area contributed by atoms with Crippen LogP contribution in [0.1, 0.15) is 24.1 Å². The first-order valence-corrected chi connectivity index (χ1v) is 8.39. The van der Waals surface area contributed by atoms with E-state index < -0.39 is 0 Å². The highest BCUT2D eigenvalue weighted by molar-refractivity contribution is 7.07. The van der Waals surface area contributed by atoms with Gasteiger partial charge in [-0.3, -0.25) is 9.58 Å². The van der Waals surface area contributed by atoms with Crippen molar-refractivity contribution in [2.75, 3.05) is 20.2 Å². The molecule has 3 rings (SSSR count). The van der Waals surface area contributed by atoms with Gasteiger partial charge in [0.1, 0.15) is 5.69 Å². The molecule has 0 spiro atoms. The Bertz CT molecular complexity index is 540. The van der Waals surface area contributed by atoms with E-state index in [1.807, 2.05) is 10.9 Å². The zero-order valence-corrected chi connectivity index (χ0v) is 13.3. The molecule has 0 aliphatic carbocycles. The Labute approximate surface area is 129 Å². The van der Waals surface area contributed by atoms with Gasteiger partial charge < -0.3 is 4.74 Å². The number of methoxy groups -OCH3 is 1. The predicted octanol–water partition coefficient (Wildman–Crippen LogP) is 2.40. The molecule has 6 heteroatoms. The van der Waals surface area contributed by atoms with Crippen molar-refractivity contribution in [3.63, 3.8) is 0 Å². The molecule has 1 fully saturated rings. The minimum Gasteiger partial charge on any atom is -0.378 e. The molecule has 1 aliphatic heterocycles. The molecule has 0 saturated carbocycles. The lowest BCUT2D eigenvalue weighted by atomic mass is 9.98. The van der Waals surface area contributed by atoms with Gasteiger partial charge >= 0.3 is 0 Å². The van der Waals surface area contributed by atoms with Crippen LogP contribution in [-0.4, -0.2) is 40.1 Å². The first-order valence-electron chi connectivity index (χ1n) is 7.45. The summed E-state index contributed by atoms with van der Waals surface area (Å²) in [4.78, 5) is 2.56. The first-order chi connectivity index (χ1) is 10.3. The number of piperidine rings is 1. The van der Waals surface area contributed by atoms with Gasteiger partial charge in [0.25, 0.3) is 0 Å². The highest BCUT2D eigenvalue weighted by Crippen LogP contribution is 2.20. The molecular formula is C15H22N4OS. The van der Waals surface area contributed by atoms with Gasteiger partial charge in [0.2, 0.25) is 0 Å². The van der Waals surface area contributed by atoms with Crippen molar-refractivity contribution in [2.24, 2.45) is 5.92 Å². The van der Waals surface area contributed by atoms with Gasteiger partial charge in [0, 0.05) is 26.7 Å². The van der Waals surface area contributed by atoms with Gasteiger partial charge in [-0.25, -0.2) is 0 Å². The number of aromatic nitrogens is 3. The Morgan fingerprint density at radius 2 is 2.43 bits per heavy atom. The number of hydrogen-bond donors (Lipinski definition) is 0. The van der Waals surface area contributed by atoms with Crippen molar-refractivity contribution in [3.8, 4) is 0 Å². The molecule has 1 aliphatic rings. The summed E-state index contributed by atoms with van der Waals surface area (Å²) < 4.78 is 7.05. The summed E-state index contributed by atoms with van der Waals surface area (Å²) >= 11 is 1.78. The summed E-state index contributed by atoms with van der Waals surface area (Å²) in [5.41, 5.74) is 2.34. The molecule has 2 aromatic heterocycles. The van der Waals surface area contributed by atoms with Crippen LogP contribution in [0.3, 0.4) is 0 Å². The summed E-state index contributed by atoms with van der Waals surface area (Å²) in [6.07, 6.45) is 4.55. The molecule has 1 saturated heterocycles. The first kappa shape index (κ1) is 14.7. The van der Waals surface area contributed by atoms with Gasteiger partial charge in [-0.05, 0) is 47.7 Å². The zero-order chi connectivity index (χ0) is 14.5. The third-order valence-corrected chi connectivity index (χ3v) is 4.65. The topological polar surface area (TPSA) is 43.2 Å². The standard InChI is InChI=1S/C15H22N4OS/c1-20-11-15-10-19(17-16-15)9-13-3-2-5-18(7-13)8-14-4-6-21-12-14/h4,6,10,12-13H,2-3,5,7-9,11H2,1H3/t13-/m0/s1. The van der Waals surface area contributed by atoms with Gasteiger partial charge in [0.05, 0.1) is 12.8 Å². The van der Waals surface area contributed by atoms with Gasteiger partial charge in [-0.1, -0.05) is 5.21 Å². The Morgan fingerprint density at radius 3 is 3.24 bits per heavy atom. The molecule has 0 unspecified atom stereocenters. The maximum atomic E-state index is 5.08. The highest BCUT2D eigenvalue weighted by atomic mass is 32.1. The van der Waals surface area contributed by atoms with Crippen LogP contribution in [0.5, 0.6) is 0 Å². The van der Waals surface area contributed by atoms with Crippen LogP contribution in [0, 0.1) is 5.92 Å². The van der Waals surface area contributed by atoms with E-state index in [4.69, 9.17) is 4.74 Å². The lowest BCUT2D eigenvalue weighted by molar-refractivity contribution is 0.153. The van der Waals surface area contributed by atoms with Crippen molar-refractivity contribution in [1.29, 1.82) is 0 Å². The monoisotopic (exact) mass is 306 g/mol.